The lowest BCUT2D eigenvalue weighted by molar-refractivity contribution is -0.115. The van der Waals surface area contributed by atoms with Crippen LogP contribution in [0.5, 0.6) is 17.2 Å². The van der Waals surface area contributed by atoms with Gasteiger partial charge in [-0.3, -0.25) is 4.79 Å². The van der Waals surface area contributed by atoms with Crippen LogP contribution in [0.1, 0.15) is 18.9 Å². The number of hydrogen-bond acceptors (Lipinski definition) is 4. The first-order valence-electron chi connectivity index (χ1n) is 8.16. The highest BCUT2D eigenvalue weighted by molar-refractivity contribution is 5.93. The zero-order chi connectivity index (χ0) is 16.8. The zero-order valence-electron chi connectivity index (χ0n) is 13.7. The first kappa shape index (κ1) is 16.2. The van der Waals surface area contributed by atoms with E-state index >= 15 is 0 Å². The maximum Gasteiger partial charge on any atom is 0.228 e. The lowest BCUT2D eigenvalue weighted by Crippen LogP contribution is -2.17. The van der Waals surface area contributed by atoms with Crippen LogP contribution in [-0.2, 0) is 11.2 Å². The van der Waals surface area contributed by atoms with Crippen molar-refractivity contribution >= 4 is 11.6 Å². The highest BCUT2D eigenvalue weighted by atomic mass is 16.6. The van der Waals surface area contributed by atoms with Gasteiger partial charge in [-0.1, -0.05) is 25.1 Å². The Balaban J connectivity index is 1.66. The molecule has 24 heavy (non-hydrogen) atoms. The molecule has 0 aromatic heterocycles. The number of ether oxygens (including phenoxy) is 3. The maximum absolute atomic E-state index is 12.3. The minimum Gasteiger partial charge on any atom is -0.491 e. The van der Waals surface area contributed by atoms with Crippen LogP contribution in [0.3, 0.4) is 0 Å². The van der Waals surface area contributed by atoms with Crippen LogP contribution >= 0.6 is 0 Å². The van der Waals surface area contributed by atoms with Crippen LogP contribution in [0.2, 0.25) is 0 Å². The van der Waals surface area contributed by atoms with Gasteiger partial charge in [0.1, 0.15) is 19.0 Å². The summed E-state index contributed by atoms with van der Waals surface area (Å²) in [5.41, 5.74) is 1.57. The minimum atomic E-state index is -0.0979. The van der Waals surface area contributed by atoms with Crippen molar-refractivity contribution < 1.29 is 19.0 Å². The Hall–Kier alpha value is -2.69. The second-order valence-electron chi connectivity index (χ2n) is 5.55. The molecule has 0 fully saturated rings. The average Bonchev–Trinajstić information content (AvgIpc) is 2.61. The van der Waals surface area contributed by atoms with Crippen LogP contribution in [0.4, 0.5) is 5.69 Å². The summed E-state index contributed by atoms with van der Waals surface area (Å²) in [6.45, 7) is 3.75. The quantitative estimate of drug-likeness (QED) is 0.883. The van der Waals surface area contributed by atoms with E-state index in [1.807, 2.05) is 49.4 Å². The number of carbonyl (C=O) groups excluding carboxylic acids is 1. The van der Waals surface area contributed by atoms with Crippen molar-refractivity contribution in [1.82, 2.24) is 0 Å². The fourth-order valence-electron chi connectivity index (χ4n) is 2.49. The smallest absolute Gasteiger partial charge is 0.228 e. The van der Waals surface area contributed by atoms with Crippen molar-refractivity contribution in [2.75, 3.05) is 25.1 Å². The summed E-state index contributed by atoms with van der Waals surface area (Å²) in [6, 6.07) is 13.0. The third kappa shape index (κ3) is 3.98. The molecule has 0 bridgehead atoms. The molecule has 2 aromatic rings. The average molecular weight is 327 g/mol. The normalized spacial score (nSPS) is 12.5. The number of amides is 1. The van der Waals surface area contributed by atoms with Gasteiger partial charge < -0.3 is 19.5 Å². The SMILES string of the molecule is CCCOc1ccccc1NC(=O)Cc1ccc2c(c1)OCCO2. The van der Waals surface area contributed by atoms with Crippen LogP contribution in [-0.4, -0.2) is 25.7 Å². The summed E-state index contributed by atoms with van der Waals surface area (Å²) >= 11 is 0. The Bertz CT molecular complexity index is 714. The Morgan fingerprint density at radius 3 is 2.75 bits per heavy atom. The molecule has 0 saturated carbocycles. The standard InChI is InChI=1S/C19H21NO4/c1-2-9-22-16-6-4-3-5-15(16)20-19(21)13-14-7-8-17-18(12-14)24-11-10-23-17/h3-8,12H,2,9-11,13H2,1H3,(H,20,21). The van der Waals surface area contributed by atoms with E-state index in [4.69, 9.17) is 14.2 Å². The number of nitrogens with one attached hydrogen (secondary N) is 1. The predicted molar refractivity (Wildman–Crippen MR) is 92.0 cm³/mol. The van der Waals surface area contributed by atoms with E-state index in [0.717, 1.165) is 17.7 Å². The van der Waals surface area contributed by atoms with E-state index < -0.39 is 0 Å². The lowest BCUT2D eigenvalue weighted by atomic mass is 10.1. The van der Waals surface area contributed by atoms with E-state index in [0.29, 0.717) is 37.0 Å². The van der Waals surface area contributed by atoms with Gasteiger partial charge in [0.05, 0.1) is 18.7 Å². The lowest BCUT2D eigenvalue weighted by Gasteiger charge is -2.18. The summed E-state index contributed by atoms with van der Waals surface area (Å²) < 4.78 is 16.7. The van der Waals surface area contributed by atoms with Crippen LogP contribution in [0.15, 0.2) is 42.5 Å². The highest BCUT2D eigenvalue weighted by Gasteiger charge is 2.14. The van der Waals surface area contributed by atoms with E-state index in [1.165, 1.54) is 0 Å². The molecule has 126 valence electrons. The molecule has 5 heteroatoms. The Morgan fingerprint density at radius 1 is 1.12 bits per heavy atom. The van der Waals surface area contributed by atoms with Crippen molar-refractivity contribution in [1.29, 1.82) is 0 Å². The van der Waals surface area contributed by atoms with Crippen molar-refractivity contribution in [3.05, 3.63) is 48.0 Å². The van der Waals surface area contributed by atoms with Gasteiger partial charge in [-0.05, 0) is 36.2 Å². The molecule has 1 aliphatic heterocycles. The molecule has 0 aliphatic carbocycles. The summed E-state index contributed by atoms with van der Waals surface area (Å²) in [5.74, 6) is 2.01. The summed E-state index contributed by atoms with van der Waals surface area (Å²) in [5, 5.41) is 2.91. The highest BCUT2D eigenvalue weighted by Crippen LogP contribution is 2.31. The third-order valence-corrected chi connectivity index (χ3v) is 3.59. The molecule has 1 amide bonds. The van der Waals surface area contributed by atoms with Gasteiger partial charge in [-0.15, -0.1) is 0 Å². The van der Waals surface area contributed by atoms with Gasteiger partial charge >= 0.3 is 0 Å². The number of fused-ring (bicyclic) bond motifs is 1. The van der Waals surface area contributed by atoms with Crippen molar-refractivity contribution in [2.24, 2.45) is 0 Å². The van der Waals surface area contributed by atoms with Crippen molar-refractivity contribution in [2.45, 2.75) is 19.8 Å². The number of rotatable bonds is 6. The molecule has 0 radical (unpaired) electrons. The Morgan fingerprint density at radius 2 is 1.92 bits per heavy atom. The first-order chi connectivity index (χ1) is 11.8. The summed E-state index contributed by atoms with van der Waals surface area (Å²) in [4.78, 5) is 12.3. The molecule has 1 heterocycles. The maximum atomic E-state index is 12.3. The van der Waals surface area contributed by atoms with Crippen LogP contribution in [0, 0.1) is 0 Å². The molecule has 2 aromatic carbocycles. The molecule has 0 saturated heterocycles. The van der Waals surface area contributed by atoms with Crippen molar-refractivity contribution in [3.63, 3.8) is 0 Å². The monoisotopic (exact) mass is 327 g/mol. The third-order valence-electron chi connectivity index (χ3n) is 3.59. The largest absolute Gasteiger partial charge is 0.491 e. The number of hydrogen-bond donors (Lipinski definition) is 1. The number of carbonyl (C=O) groups is 1. The van der Waals surface area contributed by atoms with Crippen LogP contribution < -0.4 is 19.5 Å². The Labute approximate surface area is 141 Å². The molecule has 1 aliphatic rings. The van der Waals surface area contributed by atoms with Gasteiger partial charge in [-0.2, -0.15) is 0 Å². The fourth-order valence-corrected chi connectivity index (χ4v) is 2.49. The molecule has 0 unspecified atom stereocenters. The molecular weight excluding hydrogens is 306 g/mol. The van der Waals surface area contributed by atoms with Crippen LogP contribution in [0.25, 0.3) is 0 Å². The van der Waals surface area contributed by atoms with E-state index in [2.05, 4.69) is 5.32 Å². The second kappa shape index (κ2) is 7.73. The molecule has 3 rings (SSSR count). The Kier molecular flexibility index (Phi) is 5.21. The van der Waals surface area contributed by atoms with E-state index in [-0.39, 0.29) is 12.3 Å². The number of benzene rings is 2. The topological polar surface area (TPSA) is 56.8 Å². The van der Waals surface area contributed by atoms with Gasteiger partial charge in [0.15, 0.2) is 11.5 Å². The summed E-state index contributed by atoms with van der Waals surface area (Å²) in [7, 11) is 0. The van der Waals surface area contributed by atoms with Gasteiger partial charge in [0, 0.05) is 0 Å². The van der Waals surface area contributed by atoms with E-state index in [9.17, 15) is 4.79 Å². The van der Waals surface area contributed by atoms with E-state index in [1.54, 1.807) is 0 Å². The van der Waals surface area contributed by atoms with Crippen molar-refractivity contribution in [3.8, 4) is 17.2 Å². The molecular formula is C19H21NO4. The fraction of sp³-hybridized carbons (Fsp3) is 0.316. The van der Waals surface area contributed by atoms with Gasteiger partial charge in [0.2, 0.25) is 5.91 Å². The van der Waals surface area contributed by atoms with Gasteiger partial charge in [-0.25, -0.2) is 0 Å². The summed E-state index contributed by atoms with van der Waals surface area (Å²) in [6.07, 6.45) is 1.18. The second-order valence-corrected chi connectivity index (χ2v) is 5.55. The zero-order valence-corrected chi connectivity index (χ0v) is 13.7. The minimum absolute atomic E-state index is 0.0979. The molecule has 0 atom stereocenters. The first-order valence-corrected chi connectivity index (χ1v) is 8.16. The predicted octanol–water partition coefficient (Wildman–Crippen LogP) is 3.43. The molecule has 1 N–H and O–H groups in total. The molecule has 0 spiro atoms. The molecule has 5 nitrogen and oxygen atoms in total. The van der Waals surface area contributed by atoms with Gasteiger partial charge in [0.25, 0.3) is 0 Å². The number of para-hydroxylation sites is 2. The number of anilines is 1.